The van der Waals surface area contributed by atoms with E-state index in [1.807, 2.05) is 11.8 Å². The topological polar surface area (TPSA) is 78.5 Å². The van der Waals surface area contributed by atoms with Gasteiger partial charge in [-0.15, -0.1) is 0 Å². The third-order valence-electron chi connectivity index (χ3n) is 4.96. The molecule has 2 fully saturated rings. The number of amides is 2. The van der Waals surface area contributed by atoms with Crippen LogP contribution in [0.1, 0.15) is 35.4 Å². The second-order valence-corrected chi connectivity index (χ2v) is 6.58. The maximum Gasteiger partial charge on any atom is 0.274 e. The highest BCUT2D eigenvalue weighted by molar-refractivity contribution is 5.94. The van der Waals surface area contributed by atoms with Gasteiger partial charge in [0, 0.05) is 39.0 Å². The summed E-state index contributed by atoms with van der Waals surface area (Å²) in [5.41, 5.74) is 0.883. The molecule has 23 heavy (non-hydrogen) atoms. The van der Waals surface area contributed by atoms with Crippen LogP contribution in [-0.4, -0.2) is 71.7 Å². The van der Waals surface area contributed by atoms with Gasteiger partial charge in [-0.05, 0) is 32.3 Å². The van der Waals surface area contributed by atoms with Crippen LogP contribution < -0.4 is 0 Å². The van der Waals surface area contributed by atoms with Crippen LogP contribution in [0.3, 0.4) is 0 Å². The average Bonchev–Trinajstić information content (AvgIpc) is 3.16. The predicted molar refractivity (Wildman–Crippen MR) is 84.0 cm³/mol. The molecule has 0 aromatic carbocycles. The van der Waals surface area contributed by atoms with Gasteiger partial charge < -0.3 is 14.5 Å². The highest BCUT2D eigenvalue weighted by atomic mass is 16.5. The molecule has 3 rings (SSSR count). The first-order valence-electron chi connectivity index (χ1n) is 8.15. The van der Waals surface area contributed by atoms with Gasteiger partial charge in [0.05, 0.1) is 12.0 Å². The summed E-state index contributed by atoms with van der Waals surface area (Å²) in [5.74, 6) is 0.0855. The Kier molecular flexibility index (Phi) is 4.39. The number of methoxy groups -OCH3 is 1. The molecular weight excluding hydrogens is 296 g/mol. The van der Waals surface area contributed by atoms with Crippen LogP contribution in [0.15, 0.2) is 6.07 Å². The first kappa shape index (κ1) is 16.0. The van der Waals surface area contributed by atoms with Crippen molar-refractivity contribution < 1.29 is 14.3 Å². The van der Waals surface area contributed by atoms with Crippen molar-refractivity contribution in [3.8, 4) is 0 Å². The second kappa shape index (κ2) is 6.31. The molecule has 7 nitrogen and oxygen atoms in total. The van der Waals surface area contributed by atoms with Crippen molar-refractivity contribution in [1.29, 1.82) is 0 Å². The molecule has 0 saturated carbocycles. The number of nitrogens with one attached hydrogen (secondary N) is 1. The van der Waals surface area contributed by atoms with Crippen LogP contribution in [0.4, 0.5) is 0 Å². The number of carbonyl (C=O) groups is 2. The number of aromatic amines is 1. The number of rotatable bonds is 4. The molecule has 2 amide bonds. The number of carbonyl (C=O) groups excluding carboxylic acids is 2. The van der Waals surface area contributed by atoms with Gasteiger partial charge in [0.15, 0.2) is 0 Å². The van der Waals surface area contributed by atoms with Crippen molar-refractivity contribution in [3.63, 3.8) is 0 Å². The molecule has 1 N–H and O–H groups in total. The van der Waals surface area contributed by atoms with Gasteiger partial charge in [0.1, 0.15) is 5.69 Å². The summed E-state index contributed by atoms with van der Waals surface area (Å²) in [6.45, 7) is 4.96. The summed E-state index contributed by atoms with van der Waals surface area (Å²) in [5, 5.41) is 6.84. The number of H-pyrrole nitrogens is 1. The molecule has 2 saturated heterocycles. The SMILES string of the molecule is COCCN1CCCC2(CCN(C(=O)c3cc(C)[nH]n3)C2)C1=O. The van der Waals surface area contributed by atoms with Crippen LogP contribution in [0.25, 0.3) is 0 Å². The van der Waals surface area contributed by atoms with Gasteiger partial charge in [-0.2, -0.15) is 5.10 Å². The van der Waals surface area contributed by atoms with Crippen LogP contribution in [-0.2, 0) is 9.53 Å². The first-order chi connectivity index (χ1) is 11.1. The van der Waals surface area contributed by atoms with E-state index in [9.17, 15) is 9.59 Å². The minimum atomic E-state index is -0.410. The Hall–Kier alpha value is -1.89. The standard InChI is InChI=1S/C16H24N4O3/c1-12-10-13(18-17-12)14(21)20-7-5-16(11-20)4-3-6-19(15(16)22)8-9-23-2/h10H,3-9,11H2,1-2H3,(H,17,18). The number of aromatic nitrogens is 2. The van der Waals surface area contributed by atoms with Crippen molar-refractivity contribution >= 4 is 11.8 Å². The molecular formula is C16H24N4O3. The summed E-state index contributed by atoms with van der Waals surface area (Å²) in [6.07, 6.45) is 2.59. The Labute approximate surface area is 136 Å². The highest BCUT2D eigenvalue weighted by Crippen LogP contribution is 2.40. The molecule has 0 radical (unpaired) electrons. The largest absolute Gasteiger partial charge is 0.383 e. The summed E-state index contributed by atoms with van der Waals surface area (Å²) in [6, 6.07) is 1.75. The zero-order valence-corrected chi connectivity index (χ0v) is 13.8. The third-order valence-corrected chi connectivity index (χ3v) is 4.96. The van der Waals surface area contributed by atoms with Crippen LogP contribution >= 0.6 is 0 Å². The molecule has 2 aliphatic rings. The molecule has 1 aromatic rings. The van der Waals surface area contributed by atoms with Crippen molar-refractivity contribution in [2.75, 3.05) is 39.9 Å². The Morgan fingerprint density at radius 2 is 2.26 bits per heavy atom. The molecule has 2 aliphatic heterocycles. The van der Waals surface area contributed by atoms with Crippen molar-refractivity contribution in [2.24, 2.45) is 5.41 Å². The summed E-state index contributed by atoms with van der Waals surface area (Å²) < 4.78 is 5.09. The first-order valence-corrected chi connectivity index (χ1v) is 8.15. The lowest BCUT2D eigenvalue weighted by molar-refractivity contribution is -0.146. The van der Waals surface area contributed by atoms with E-state index in [0.29, 0.717) is 31.9 Å². The van der Waals surface area contributed by atoms with E-state index >= 15 is 0 Å². The molecule has 126 valence electrons. The van der Waals surface area contributed by atoms with Crippen LogP contribution in [0.2, 0.25) is 0 Å². The molecule has 3 heterocycles. The van der Waals surface area contributed by atoms with Gasteiger partial charge in [-0.25, -0.2) is 0 Å². The Bertz CT molecular complexity index is 600. The third kappa shape index (κ3) is 2.97. The fourth-order valence-corrected chi connectivity index (χ4v) is 3.68. The lowest BCUT2D eigenvalue weighted by Gasteiger charge is -2.39. The molecule has 0 aliphatic carbocycles. The van der Waals surface area contributed by atoms with E-state index in [1.54, 1.807) is 18.1 Å². The number of piperidine rings is 1. The monoisotopic (exact) mass is 320 g/mol. The fraction of sp³-hybridized carbons (Fsp3) is 0.688. The Balaban J connectivity index is 1.70. The molecule has 0 bridgehead atoms. The van der Waals surface area contributed by atoms with Crippen molar-refractivity contribution in [3.05, 3.63) is 17.5 Å². The normalized spacial score (nSPS) is 24.7. The van der Waals surface area contributed by atoms with Crippen molar-refractivity contribution in [1.82, 2.24) is 20.0 Å². The van der Waals surface area contributed by atoms with Gasteiger partial charge in [0.25, 0.3) is 5.91 Å². The van der Waals surface area contributed by atoms with Crippen molar-refractivity contribution in [2.45, 2.75) is 26.2 Å². The lowest BCUT2D eigenvalue weighted by atomic mass is 9.78. The Morgan fingerprint density at radius 1 is 1.43 bits per heavy atom. The number of nitrogens with zero attached hydrogens (tertiary/aromatic N) is 3. The summed E-state index contributed by atoms with van der Waals surface area (Å²) >= 11 is 0. The van der Waals surface area contributed by atoms with E-state index in [-0.39, 0.29) is 11.8 Å². The minimum Gasteiger partial charge on any atom is -0.383 e. The number of hydrogen-bond acceptors (Lipinski definition) is 4. The fourth-order valence-electron chi connectivity index (χ4n) is 3.68. The van der Waals surface area contributed by atoms with E-state index in [0.717, 1.165) is 31.5 Å². The average molecular weight is 320 g/mol. The molecule has 1 atom stereocenters. The number of aryl methyl sites for hydroxylation is 1. The maximum absolute atomic E-state index is 12.9. The zero-order chi connectivity index (χ0) is 16.4. The van der Waals surface area contributed by atoms with Crippen LogP contribution in [0.5, 0.6) is 0 Å². The molecule has 1 unspecified atom stereocenters. The number of likely N-dealkylation sites (tertiary alicyclic amines) is 2. The number of ether oxygens (including phenoxy) is 1. The molecule has 1 aromatic heterocycles. The van der Waals surface area contributed by atoms with Crippen LogP contribution in [0, 0.1) is 12.3 Å². The minimum absolute atomic E-state index is 0.0898. The second-order valence-electron chi connectivity index (χ2n) is 6.58. The van der Waals surface area contributed by atoms with Gasteiger partial charge in [-0.3, -0.25) is 14.7 Å². The zero-order valence-electron chi connectivity index (χ0n) is 13.8. The predicted octanol–water partition coefficient (Wildman–Crippen LogP) is 0.819. The van der Waals surface area contributed by atoms with E-state index in [2.05, 4.69) is 10.2 Å². The van der Waals surface area contributed by atoms with Gasteiger partial charge >= 0.3 is 0 Å². The molecule has 1 spiro atoms. The van der Waals surface area contributed by atoms with Gasteiger partial charge in [-0.1, -0.05) is 0 Å². The van der Waals surface area contributed by atoms with E-state index in [4.69, 9.17) is 4.74 Å². The number of hydrogen-bond donors (Lipinski definition) is 1. The smallest absolute Gasteiger partial charge is 0.274 e. The summed E-state index contributed by atoms with van der Waals surface area (Å²) in [4.78, 5) is 29.1. The maximum atomic E-state index is 12.9. The Morgan fingerprint density at radius 3 is 2.96 bits per heavy atom. The van der Waals surface area contributed by atoms with E-state index in [1.165, 1.54) is 0 Å². The summed E-state index contributed by atoms with van der Waals surface area (Å²) in [7, 11) is 1.64. The molecule has 7 heteroatoms. The lowest BCUT2D eigenvalue weighted by Crippen LogP contribution is -2.51. The van der Waals surface area contributed by atoms with E-state index < -0.39 is 5.41 Å². The quantitative estimate of drug-likeness (QED) is 0.891. The van der Waals surface area contributed by atoms with Gasteiger partial charge in [0.2, 0.25) is 5.91 Å². The highest BCUT2D eigenvalue weighted by Gasteiger charge is 2.49.